The Hall–Kier alpha value is -2.60. The highest BCUT2D eigenvalue weighted by Crippen LogP contribution is 2.41. The van der Waals surface area contributed by atoms with Crippen LogP contribution in [0.3, 0.4) is 0 Å². The van der Waals surface area contributed by atoms with Gasteiger partial charge in [0.05, 0.1) is 12.6 Å². The first-order valence-electron chi connectivity index (χ1n) is 12.6. The molecule has 0 saturated carbocycles. The number of piperidine rings is 1. The Morgan fingerprint density at radius 3 is 2.77 bits per heavy atom. The van der Waals surface area contributed by atoms with Crippen molar-refractivity contribution in [1.82, 2.24) is 4.90 Å². The average Bonchev–Trinajstić information content (AvgIpc) is 3.05. The molecular formula is C29H33ClN2O3. The zero-order valence-corrected chi connectivity index (χ0v) is 20.7. The molecule has 0 aliphatic carbocycles. The third-order valence-corrected chi connectivity index (χ3v) is 7.48. The van der Waals surface area contributed by atoms with Gasteiger partial charge in [-0.1, -0.05) is 35.9 Å². The maximum absolute atomic E-state index is 9.15. The summed E-state index contributed by atoms with van der Waals surface area (Å²) in [7, 11) is 0. The Balaban J connectivity index is 1.28. The first kappa shape index (κ1) is 24.1. The van der Waals surface area contributed by atoms with Crippen molar-refractivity contribution < 1.29 is 14.6 Å². The number of fused-ring (bicyclic) bond motifs is 2. The molecular weight excluding hydrogens is 460 g/mol. The van der Waals surface area contributed by atoms with Gasteiger partial charge in [0.25, 0.3) is 0 Å². The van der Waals surface area contributed by atoms with Gasteiger partial charge < -0.3 is 19.5 Å². The molecule has 0 radical (unpaired) electrons. The van der Waals surface area contributed by atoms with Crippen LogP contribution in [0.2, 0.25) is 5.02 Å². The quantitative estimate of drug-likeness (QED) is 0.563. The highest BCUT2D eigenvalue weighted by molar-refractivity contribution is 6.30. The van der Waals surface area contributed by atoms with Gasteiger partial charge >= 0.3 is 0 Å². The minimum Gasteiger partial charge on any atom is -0.491 e. The van der Waals surface area contributed by atoms with Crippen LogP contribution in [0.5, 0.6) is 11.5 Å². The third-order valence-electron chi connectivity index (χ3n) is 7.23. The summed E-state index contributed by atoms with van der Waals surface area (Å²) in [5.41, 5.74) is 3.72. The Kier molecular flexibility index (Phi) is 7.87. The summed E-state index contributed by atoms with van der Waals surface area (Å²) in [4.78, 5) is 7.27. The van der Waals surface area contributed by atoms with Crippen molar-refractivity contribution in [2.45, 2.75) is 31.2 Å². The number of benzene rings is 2. The number of halogens is 1. The van der Waals surface area contributed by atoms with Crippen molar-refractivity contribution >= 4 is 23.4 Å². The number of likely N-dealkylation sites (tertiary alicyclic amines) is 1. The highest BCUT2D eigenvalue weighted by Gasteiger charge is 2.30. The van der Waals surface area contributed by atoms with Crippen LogP contribution in [-0.2, 0) is 0 Å². The minimum atomic E-state index is -0.00680. The molecule has 184 valence electrons. The van der Waals surface area contributed by atoms with Gasteiger partial charge in [-0.3, -0.25) is 4.99 Å². The van der Waals surface area contributed by atoms with E-state index in [1.807, 2.05) is 42.6 Å². The van der Waals surface area contributed by atoms with Crippen molar-refractivity contribution in [2.75, 3.05) is 39.5 Å². The lowest BCUT2D eigenvalue weighted by molar-refractivity contribution is 0.201. The Morgan fingerprint density at radius 1 is 1.14 bits per heavy atom. The van der Waals surface area contributed by atoms with E-state index in [2.05, 4.69) is 29.2 Å². The molecule has 5 nitrogen and oxygen atoms in total. The van der Waals surface area contributed by atoms with E-state index in [4.69, 9.17) is 31.2 Å². The molecule has 3 aliphatic rings. The smallest absolute Gasteiger partial charge is 0.127 e. The fourth-order valence-electron chi connectivity index (χ4n) is 5.35. The highest BCUT2D eigenvalue weighted by atomic mass is 35.5. The summed E-state index contributed by atoms with van der Waals surface area (Å²) in [6.07, 6.45) is 11.9. The predicted octanol–water partition coefficient (Wildman–Crippen LogP) is 5.38. The Labute approximate surface area is 212 Å². The molecule has 2 unspecified atom stereocenters. The lowest BCUT2D eigenvalue weighted by Crippen LogP contribution is -2.33. The van der Waals surface area contributed by atoms with E-state index in [1.165, 1.54) is 24.0 Å². The van der Waals surface area contributed by atoms with Crippen LogP contribution >= 0.6 is 11.6 Å². The van der Waals surface area contributed by atoms with E-state index >= 15 is 0 Å². The van der Waals surface area contributed by atoms with Gasteiger partial charge in [0.1, 0.15) is 24.7 Å². The molecule has 35 heavy (non-hydrogen) atoms. The number of hydrogen-bond donors (Lipinski definition) is 1. The SMILES string of the molecule is OCCOc1ccc2c(c1)C(=CCCN1CCC(c3ccc(Cl)cc3)CC1)C1C=CC=NC1CO2. The number of ether oxygens (including phenoxy) is 2. The normalized spacial score (nSPS) is 23.4. The van der Waals surface area contributed by atoms with E-state index in [9.17, 15) is 0 Å². The summed E-state index contributed by atoms with van der Waals surface area (Å²) in [6, 6.07) is 14.4. The Morgan fingerprint density at radius 2 is 1.97 bits per heavy atom. The molecule has 1 saturated heterocycles. The van der Waals surface area contributed by atoms with E-state index in [0.29, 0.717) is 12.5 Å². The first-order valence-corrected chi connectivity index (χ1v) is 13.0. The largest absolute Gasteiger partial charge is 0.491 e. The number of rotatable bonds is 7. The molecule has 0 aromatic heterocycles. The number of allylic oxidation sites excluding steroid dienone is 1. The second-order valence-electron chi connectivity index (χ2n) is 9.43. The van der Waals surface area contributed by atoms with Crippen LogP contribution in [0.1, 0.15) is 36.3 Å². The molecule has 1 fully saturated rings. The second kappa shape index (κ2) is 11.4. The second-order valence-corrected chi connectivity index (χ2v) is 9.87. The van der Waals surface area contributed by atoms with E-state index < -0.39 is 0 Å². The monoisotopic (exact) mass is 492 g/mol. The number of nitrogens with zero attached hydrogens (tertiary/aromatic N) is 2. The van der Waals surface area contributed by atoms with Crippen LogP contribution in [0.15, 0.2) is 65.7 Å². The predicted molar refractivity (Wildman–Crippen MR) is 142 cm³/mol. The minimum absolute atomic E-state index is 0.00680. The summed E-state index contributed by atoms with van der Waals surface area (Å²) in [5, 5.41) is 9.96. The van der Waals surface area contributed by atoms with Gasteiger partial charge in [-0.2, -0.15) is 0 Å². The third kappa shape index (κ3) is 5.80. The average molecular weight is 493 g/mol. The van der Waals surface area contributed by atoms with Crippen LogP contribution in [-0.4, -0.2) is 61.7 Å². The number of dihydropyridines is 1. The fraction of sp³-hybridized carbons (Fsp3) is 0.414. The summed E-state index contributed by atoms with van der Waals surface area (Å²) >= 11 is 6.06. The van der Waals surface area contributed by atoms with Crippen LogP contribution in [0, 0.1) is 5.92 Å². The zero-order chi connectivity index (χ0) is 24.0. The van der Waals surface area contributed by atoms with Gasteiger partial charge in [-0.05, 0) is 85.8 Å². The molecule has 3 heterocycles. The van der Waals surface area contributed by atoms with Gasteiger partial charge in [-0.25, -0.2) is 0 Å². The van der Waals surface area contributed by atoms with E-state index in [-0.39, 0.29) is 25.2 Å². The van der Waals surface area contributed by atoms with Crippen molar-refractivity contribution in [3.63, 3.8) is 0 Å². The molecule has 2 aromatic carbocycles. The molecule has 1 N–H and O–H groups in total. The van der Waals surface area contributed by atoms with Gasteiger partial charge in [0.15, 0.2) is 0 Å². The molecule has 5 rings (SSSR count). The number of hydrogen-bond acceptors (Lipinski definition) is 5. The molecule has 0 bridgehead atoms. The molecule has 0 amide bonds. The standard InChI is InChI=1S/C29H33ClN2O3/c30-23-7-5-21(6-8-23)22-11-15-32(16-12-22)14-2-4-25-26-3-1-13-31-28(26)20-35-29-10-9-24(19-27(25)29)34-18-17-33/h1,3-10,13,19,22,26,28,33H,2,11-12,14-18,20H2. The van der Waals surface area contributed by atoms with Crippen LogP contribution < -0.4 is 9.47 Å². The zero-order valence-electron chi connectivity index (χ0n) is 20.0. The molecule has 2 atom stereocenters. The van der Waals surface area contributed by atoms with Crippen LogP contribution in [0.4, 0.5) is 0 Å². The summed E-state index contributed by atoms with van der Waals surface area (Å²) in [5.74, 6) is 2.42. The van der Waals surface area contributed by atoms with Crippen molar-refractivity contribution in [3.05, 3.63) is 76.8 Å². The maximum atomic E-state index is 9.15. The van der Waals surface area contributed by atoms with Gasteiger partial charge in [-0.15, -0.1) is 0 Å². The van der Waals surface area contributed by atoms with Crippen LogP contribution in [0.25, 0.3) is 5.57 Å². The van der Waals surface area contributed by atoms with E-state index in [0.717, 1.165) is 48.1 Å². The van der Waals surface area contributed by atoms with Gasteiger partial charge in [0.2, 0.25) is 0 Å². The van der Waals surface area contributed by atoms with Crippen molar-refractivity contribution in [1.29, 1.82) is 0 Å². The summed E-state index contributed by atoms with van der Waals surface area (Å²) in [6.45, 7) is 4.11. The lowest BCUT2D eigenvalue weighted by Gasteiger charge is -2.32. The number of aliphatic hydroxyl groups excluding tert-OH is 1. The summed E-state index contributed by atoms with van der Waals surface area (Å²) < 4.78 is 11.9. The number of aliphatic hydroxyl groups is 1. The molecule has 3 aliphatic heterocycles. The van der Waals surface area contributed by atoms with Crippen molar-refractivity contribution in [2.24, 2.45) is 10.9 Å². The van der Waals surface area contributed by atoms with E-state index in [1.54, 1.807) is 0 Å². The van der Waals surface area contributed by atoms with Crippen molar-refractivity contribution in [3.8, 4) is 11.5 Å². The molecule has 6 heteroatoms. The van der Waals surface area contributed by atoms with Gasteiger partial charge in [0, 0.05) is 29.3 Å². The Bertz CT molecular complexity index is 1090. The maximum Gasteiger partial charge on any atom is 0.127 e. The lowest BCUT2D eigenvalue weighted by atomic mass is 9.85. The molecule has 2 aromatic rings. The molecule has 0 spiro atoms. The fourth-order valence-corrected chi connectivity index (χ4v) is 5.48. The number of aliphatic imine (C=N–C) groups is 1. The topological polar surface area (TPSA) is 54.3 Å². The first-order chi connectivity index (χ1) is 17.2.